The maximum Gasteiger partial charge on any atom is 0.339 e. The van der Waals surface area contributed by atoms with Crippen molar-refractivity contribution in [2.75, 3.05) is 18.1 Å². The highest BCUT2D eigenvalue weighted by Gasteiger charge is 2.11. The second-order valence-electron chi connectivity index (χ2n) is 3.34. The van der Waals surface area contributed by atoms with Crippen LogP contribution in [0.25, 0.3) is 0 Å². The number of hydrogen-bond donors (Lipinski definition) is 1. The standard InChI is InChI=1S/C12H15FO3S/c1-2-17-7-3-6-16-11-8-9(13)4-5-10(11)12(14)15/h4-5,8H,2-3,6-7H2,1H3,(H,14,15). The number of rotatable bonds is 7. The highest BCUT2D eigenvalue weighted by molar-refractivity contribution is 7.99. The number of halogens is 1. The minimum absolute atomic E-state index is 0.00505. The number of thioether (sulfide) groups is 1. The van der Waals surface area contributed by atoms with Crippen molar-refractivity contribution >= 4 is 17.7 Å². The second-order valence-corrected chi connectivity index (χ2v) is 4.74. The number of benzene rings is 1. The summed E-state index contributed by atoms with van der Waals surface area (Å²) in [4.78, 5) is 10.9. The quantitative estimate of drug-likeness (QED) is 0.764. The van der Waals surface area contributed by atoms with Crippen molar-refractivity contribution < 1.29 is 19.0 Å². The van der Waals surface area contributed by atoms with Crippen molar-refractivity contribution in [3.8, 4) is 5.75 Å². The van der Waals surface area contributed by atoms with E-state index in [-0.39, 0.29) is 11.3 Å². The average molecular weight is 258 g/mol. The summed E-state index contributed by atoms with van der Waals surface area (Å²) < 4.78 is 18.3. The average Bonchev–Trinajstić information content (AvgIpc) is 2.28. The van der Waals surface area contributed by atoms with Crippen LogP contribution in [0.15, 0.2) is 18.2 Å². The van der Waals surface area contributed by atoms with Gasteiger partial charge in [-0.05, 0) is 30.1 Å². The zero-order valence-electron chi connectivity index (χ0n) is 9.61. The summed E-state index contributed by atoms with van der Waals surface area (Å²) in [6.07, 6.45) is 0.814. The van der Waals surface area contributed by atoms with Crippen LogP contribution >= 0.6 is 11.8 Å². The number of carboxylic acid groups (broad SMARTS) is 1. The fourth-order valence-corrected chi connectivity index (χ4v) is 1.89. The maximum absolute atomic E-state index is 13.0. The lowest BCUT2D eigenvalue weighted by Crippen LogP contribution is -2.05. The van der Waals surface area contributed by atoms with Crippen molar-refractivity contribution in [2.24, 2.45) is 0 Å². The van der Waals surface area contributed by atoms with Crippen LogP contribution in [0.3, 0.4) is 0 Å². The monoisotopic (exact) mass is 258 g/mol. The smallest absolute Gasteiger partial charge is 0.339 e. The van der Waals surface area contributed by atoms with Crippen molar-refractivity contribution in [3.63, 3.8) is 0 Å². The zero-order valence-corrected chi connectivity index (χ0v) is 10.4. The highest BCUT2D eigenvalue weighted by Crippen LogP contribution is 2.20. The van der Waals surface area contributed by atoms with E-state index in [4.69, 9.17) is 9.84 Å². The molecule has 0 atom stereocenters. The molecule has 0 aromatic heterocycles. The SMILES string of the molecule is CCSCCCOc1cc(F)ccc1C(=O)O. The number of carboxylic acids is 1. The first kappa shape index (κ1) is 13.8. The molecule has 0 radical (unpaired) electrons. The number of ether oxygens (including phenoxy) is 1. The van der Waals surface area contributed by atoms with Crippen LogP contribution in [-0.4, -0.2) is 29.2 Å². The van der Waals surface area contributed by atoms with Gasteiger partial charge in [0.15, 0.2) is 0 Å². The number of aromatic carboxylic acids is 1. The molecule has 0 spiro atoms. The van der Waals surface area contributed by atoms with Crippen LogP contribution in [0.4, 0.5) is 4.39 Å². The van der Waals surface area contributed by atoms with Crippen molar-refractivity contribution in [1.82, 2.24) is 0 Å². The van der Waals surface area contributed by atoms with Crippen LogP contribution in [0.2, 0.25) is 0 Å². The molecule has 1 aromatic rings. The summed E-state index contributed by atoms with van der Waals surface area (Å²) in [5.74, 6) is 0.490. The van der Waals surface area contributed by atoms with Gasteiger partial charge in [-0.3, -0.25) is 0 Å². The maximum atomic E-state index is 13.0. The Kier molecular flexibility index (Phi) is 5.83. The third-order valence-corrected chi connectivity index (χ3v) is 3.05. The lowest BCUT2D eigenvalue weighted by molar-refractivity contribution is 0.0692. The molecule has 0 amide bonds. The van der Waals surface area contributed by atoms with E-state index in [0.717, 1.165) is 30.1 Å². The predicted molar refractivity (Wildman–Crippen MR) is 66.5 cm³/mol. The fourth-order valence-electron chi connectivity index (χ4n) is 1.28. The molecule has 3 nitrogen and oxygen atoms in total. The Balaban J connectivity index is 2.56. The fraction of sp³-hybridized carbons (Fsp3) is 0.417. The van der Waals surface area contributed by atoms with Gasteiger partial charge >= 0.3 is 5.97 Å². The molecule has 0 fully saturated rings. The first-order valence-corrected chi connectivity index (χ1v) is 6.54. The first-order chi connectivity index (χ1) is 8.15. The summed E-state index contributed by atoms with van der Waals surface area (Å²) in [6.45, 7) is 2.47. The summed E-state index contributed by atoms with van der Waals surface area (Å²) in [6, 6.07) is 3.44. The van der Waals surface area contributed by atoms with E-state index in [1.54, 1.807) is 11.8 Å². The minimum Gasteiger partial charge on any atom is -0.493 e. The summed E-state index contributed by atoms with van der Waals surface area (Å²) >= 11 is 1.79. The van der Waals surface area contributed by atoms with Gasteiger partial charge in [-0.25, -0.2) is 9.18 Å². The van der Waals surface area contributed by atoms with E-state index in [1.165, 1.54) is 6.07 Å². The Bertz CT molecular complexity index is 382. The van der Waals surface area contributed by atoms with Crippen molar-refractivity contribution in [1.29, 1.82) is 0 Å². The molecular weight excluding hydrogens is 243 g/mol. The third kappa shape index (κ3) is 4.65. The molecule has 1 aromatic carbocycles. The number of carbonyl (C=O) groups is 1. The van der Waals surface area contributed by atoms with Crippen LogP contribution in [0, 0.1) is 5.82 Å². The summed E-state index contributed by atoms with van der Waals surface area (Å²) in [5, 5.41) is 8.89. The molecule has 0 heterocycles. The van der Waals surface area contributed by atoms with Crippen molar-refractivity contribution in [3.05, 3.63) is 29.6 Å². The van der Waals surface area contributed by atoms with Gasteiger partial charge in [0, 0.05) is 6.07 Å². The lowest BCUT2D eigenvalue weighted by Gasteiger charge is -2.08. The Morgan fingerprint density at radius 2 is 2.29 bits per heavy atom. The lowest BCUT2D eigenvalue weighted by atomic mass is 10.2. The molecule has 1 rings (SSSR count). The molecule has 0 saturated heterocycles. The third-order valence-electron chi connectivity index (χ3n) is 2.07. The Labute approximate surface area is 104 Å². The van der Waals surface area contributed by atoms with Crippen LogP contribution in [-0.2, 0) is 0 Å². The van der Waals surface area contributed by atoms with E-state index in [2.05, 4.69) is 6.92 Å². The van der Waals surface area contributed by atoms with Gasteiger partial charge in [0.2, 0.25) is 0 Å². The van der Waals surface area contributed by atoms with Gasteiger partial charge in [0.25, 0.3) is 0 Å². The van der Waals surface area contributed by atoms with Crippen LogP contribution in [0.5, 0.6) is 5.75 Å². The zero-order chi connectivity index (χ0) is 12.7. The molecule has 5 heteroatoms. The molecule has 17 heavy (non-hydrogen) atoms. The molecule has 0 bridgehead atoms. The highest BCUT2D eigenvalue weighted by atomic mass is 32.2. The normalized spacial score (nSPS) is 10.2. The van der Waals surface area contributed by atoms with E-state index in [1.807, 2.05) is 0 Å². The largest absolute Gasteiger partial charge is 0.493 e. The van der Waals surface area contributed by atoms with Crippen molar-refractivity contribution in [2.45, 2.75) is 13.3 Å². The molecule has 0 unspecified atom stereocenters. The van der Waals surface area contributed by atoms with Gasteiger partial charge in [-0.1, -0.05) is 6.92 Å². The van der Waals surface area contributed by atoms with Gasteiger partial charge in [-0.2, -0.15) is 11.8 Å². The van der Waals surface area contributed by atoms with Crippen LogP contribution in [0.1, 0.15) is 23.7 Å². The van der Waals surface area contributed by atoms with E-state index >= 15 is 0 Å². The van der Waals surface area contributed by atoms with Gasteiger partial charge in [0.05, 0.1) is 6.61 Å². The van der Waals surface area contributed by atoms with Gasteiger partial charge < -0.3 is 9.84 Å². The van der Waals surface area contributed by atoms with E-state index in [0.29, 0.717) is 6.61 Å². The molecule has 94 valence electrons. The number of hydrogen-bond acceptors (Lipinski definition) is 3. The predicted octanol–water partition coefficient (Wildman–Crippen LogP) is 3.05. The molecular formula is C12H15FO3S. The summed E-state index contributed by atoms with van der Waals surface area (Å²) in [5.41, 5.74) is -0.00505. The summed E-state index contributed by atoms with van der Waals surface area (Å²) in [7, 11) is 0. The minimum atomic E-state index is -1.11. The first-order valence-electron chi connectivity index (χ1n) is 5.38. The second kappa shape index (κ2) is 7.17. The molecule has 0 aliphatic rings. The van der Waals surface area contributed by atoms with Crippen LogP contribution < -0.4 is 4.74 Å². The molecule has 0 saturated carbocycles. The van der Waals surface area contributed by atoms with Gasteiger partial charge in [0.1, 0.15) is 17.1 Å². The Morgan fingerprint density at radius 1 is 1.53 bits per heavy atom. The van der Waals surface area contributed by atoms with E-state index in [9.17, 15) is 9.18 Å². The van der Waals surface area contributed by atoms with Gasteiger partial charge in [-0.15, -0.1) is 0 Å². The molecule has 0 aliphatic carbocycles. The Hall–Kier alpha value is -1.23. The molecule has 1 N–H and O–H groups in total. The Morgan fingerprint density at radius 3 is 2.94 bits per heavy atom. The molecule has 0 aliphatic heterocycles. The topological polar surface area (TPSA) is 46.5 Å². The van der Waals surface area contributed by atoms with E-state index < -0.39 is 11.8 Å².